The van der Waals surface area contributed by atoms with Gasteiger partial charge in [0.15, 0.2) is 6.61 Å². The van der Waals surface area contributed by atoms with Crippen LogP contribution in [0.25, 0.3) is 0 Å². The van der Waals surface area contributed by atoms with Gasteiger partial charge in [-0.1, -0.05) is 48.5 Å². The zero-order chi connectivity index (χ0) is 20.1. The zero-order valence-corrected chi connectivity index (χ0v) is 16.0. The van der Waals surface area contributed by atoms with E-state index in [0.29, 0.717) is 29.2 Å². The zero-order valence-electron chi connectivity index (χ0n) is 16.0. The van der Waals surface area contributed by atoms with Crippen LogP contribution >= 0.6 is 0 Å². The Morgan fingerprint density at radius 3 is 2.45 bits per heavy atom. The highest BCUT2D eigenvalue weighted by Crippen LogP contribution is 2.35. The lowest BCUT2D eigenvalue weighted by atomic mass is 10.1. The Labute approximate surface area is 169 Å². The number of hydrogen-bond acceptors (Lipinski definition) is 3. The average Bonchev–Trinajstić information content (AvgIpc) is 2.76. The minimum absolute atomic E-state index is 0.0358. The van der Waals surface area contributed by atoms with Gasteiger partial charge in [-0.25, -0.2) is 0 Å². The summed E-state index contributed by atoms with van der Waals surface area (Å²) in [6.45, 7) is 0.633. The van der Waals surface area contributed by atoms with Gasteiger partial charge in [-0.3, -0.25) is 9.59 Å². The summed E-state index contributed by atoms with van der Waals surface area (Å²) in [5, 5.41) is 2.89. The van der Waals surface area contributed by atoms with Gasteiger partial charge in [-0.2, -0.15) is 0 Å². The van der Waals surface area contributed by atoms with Crippen molar-refractivity contribution in [1.29, 1.82) is 0 Å². The lowest BCUT2D eigenvalue weighted by molar-refractivity contribution is -0.121. The van der Waals surface area contributed by atoms with Gasteiger partial charge in [0, 0.05) is 17.8 Å². The van der Waals surface area contributed by atoms with Crippen molar-refractivity contribution >= 4 is 23.2 Å². The molecular weight excluding hydrogens is 364 g/mol. The highest BCUT2D eigenvalue weighted by Gasteiger charge is 2.25. The molecule has 0 bridgehead atoms. The molecule has 2 amide bonds. The van der Waals surface area contributed by atoms with Crippen molar-refractivity contribution < 1.29 is 14.3 Å². The number of amides is 2. The van der Waals surface area contributed by atoms with E-state index >= 15 is 0 Å². The largest absolute Gasteiger partial charge is 0.482 e. The number of ether oxygens (including phenoxy) is 1. The molecular formula is C24H22N2O3. The molecule has 0 saturated heterocycles. The molecule has 1 aliphatic heterocycles. The van der Waals surface area contributed by atoms with Gasteiger partial charge in [0.25, 0.3) is 11.8 Å². The summed E-state index contributed by atoms with van der Waals surface area (Å²) in [6.07, 6.45) is 1.74. The summed E-state index contributed by atoms with van der Waals surface area (Å²) >= 11 is 0. The normalized spacial score (nSPS) is 12.8. The Hall–Kier alpha value is -3.60. The maximum Gasteiger partial charge on any atom is 0.265 e. The van der Waals surface area contributed by atoms with Crippen LogP contribution in [0.4, 0.5) is 11.4 Å². The van der Waals surface area contributed by atoms with E-state index in [4.69, 9.17) is 4.74 Å². The van der Waals surface area contributed by atoms with Gasteiger partial charge in [0.2, 0.25) is 0 Å². The first-order valence-electron chi connectivity index (χ1n) is 9.68. The van der Waals surface area contributed by atoms with Crippen LogP contribution in [0.3, 0.4) is 0 Å². The van der Waals surface area contributed by atoms with Gasteiger partial charge < -0.3 is 15.0 Å². The predicted molar refractivity (Wildman–Crippen MR) is 113 cm³/mol. The van der Waals surface area contributed by atoms with Gasteiger partial charge in [0.1, 0.15) is 5.75 Å². The number of nitrogens with one attached hydrogen (secondary N) is 1. The molecule has 0 saturated carbocycles. The SMILES string of the molecule is O=C(Nc1ccc2c(c1)N(CCCc1ccccc1)C(=O)CO2)c1ccccc1. The van der Waals surface area contributed by atoms with Crippen LogP contribution in [-0.2, 0) is 11.2 Å². The van der Waals surface area contributed by atoms with Gasteiger partial charge in [-0.15, -0.1) is 0 Å². The van der Waals surface area contributed by atoms with Crippen LogP contribution in [0.5, 0.6) is 5.75 Å². The lowest BCUT2D eigenvalue weighted by Gasteiger charge is -2.30. The molecule has 0 radical (unpaired) electrons. The van der Waals surface area contributed by atoms with Crippen molar-refractivity contribution in [3.05, 3.63) is 90.0 Å². The first kappa shape index (κ1) is 18.7. The first-order valence-corrected chi connectivity index (χ1v) is 9.68. The highest BCUT2D eigenvalue weighted by atomic mass is 16.5. The number of nitrogens with zero attached hydrogens (tertiary/aromatic N) is 1. The second-order valence-electron chi connectivity index (χ2n) is 6.93. The highest BCUT2D eigenvalue weighted by molar-refractivity contribution is 6.05. The van der Waals surface area contributed by atoms with E-state index < -0.39 is 0 Å². The first-order chi connectivity index (χ1) is 14.2. The van der Waals surface area contributed by atoms with E-state index in [1.165, 1.54) is 5.56 Å². The molecule has 0 aromatic heterocycles. The fourth-order valence-corrected chi connectivity index (χ4v) is 3.40. The monoisotopic (exact) mass is 386 g/mol. The van der Waals surface area contributed by atoms with Crippen molar-refractivity contribution in [1.82, 2.24) is 0 Å². The molecule has 4 rings (SSSR count). The third-order valence-electron chi connectivity index (χ3n) is 4.89. The molecule has 146 valence electrons. The Bertz CT molecular complexity index is 1000. The van der Waals surface area contributed by atoms with E-state index in [0.717, 1.165) is 12.8 Å². The fourth-order valence-electron chi connectivity index (χ4n) is 3.40. The summed E-state index contributed by atoms with van der Waals surface area (Å²) in [7, 11) is 0. The molecule has 0 unspecified atom stereocenters. The summed E-state index contributed by atoms with van der Waals surface area (Å²) in [4.78, 5) is 26.7. The standard InChI is InChI=1S/C24H22N2O3/c27-23-17-29-22-14-13-20(25-24(28)19-11-5-2-6-12-19)16-21(22)26(23)15-7-10-18-8-3-1-4-9-18/h1-6,8-9,11-14,16H,7,10,15,17H2,(H,25,28). The molecule has 1 N–H and O–H groups in total. The number of anilines is 2. The van der Waals surface area contributed by atoms with Crippen LogP contribution in [0.2, 0.25) is 0 Å². The molecule has 0 spiro atoms. The Balaban J connectivity index is 1.48. The molecule has 5 nitrogen and oxygen atoms in total. The molecule has 1 heterocycles. The van der Waals surface area contributed by atoms with Crippen molar-refractivity contribution in [3.8, 4) is 5.75 Å². The van der Waals surface area contributed by atoms with Crippen LogP contribution in [0.1, 0.15) is 22.3 Å². The average molecular weight is 386 g/mol. The molecule has 29 heavy (non-hydrogen) atoms. The minimum atomic E-state index is -0.191. The predicted octanol–water partition coefficient (Wildman–Crippen LogP) is 4.30. The molecule has 0 fully saturated rings. The van der Waals surface area contributed by atoms with E-state index in [-0.39, 0.29) is 18.4 Å². The van der Waals surface area contributed by atoms with E-state index in [2.05, 4.69) is 17.4 Å². The third kappa shape index (κ3) is 4.46. The Morgan fingerprint density at radius 2 is 1.69 bits per heavy atom. The second-order valence-corrected chi connectivity index (χ2v) is 6.93. The number of carbonyl (C=O) groups is 2. The van der Waals surface area contributed by atoms with E-state index in [1.807, 2.05) is 36.4 Å². The summed E-state index contributed by atoms with van der Waals surface area (Å²) in [5.74, 6) is 0.392. The van der Waals surface area contributed by atoms with Crippen LogP contribution < -0.4 is 15.0 Å². The smallest absolute Gasteiger partial charge is 0.265 e. The molecule has 3 aromatic carbocycles. The van der Waals surface area contributed by atoms with Crippen molar-refractivity contribution in [3.63, 3.8) is 0 Å². The van der Waals surface area contributed by atoms with Crippen molar-refractivity contribution in [2.75, 3.05) is 23.4 Å². The van der Waals surface area contributed by atoms with Gasteiger partial charge >= 0.3 is 0 Å². The fraction of sp³-hybridized carbons (Fsp3) is 0.167. The number of benzene rings is 3. The number of hydrogen-bond donors (Lipinski definition) is 1. The molecule has 0 atom stereocenters. The van der Waals surface area contributed by atoms with E-state index in [9.17, 15) is 9.59 Å². The topological polar surface area (TPSA) is 58.6 Å². The van der Waals surface area contributed by atoms with Gasteiger partial charge in [-0.05, 0) is 48.7 Å². The number of carbonyl (C=O) groups excluding carboxylic acids is 2. The Morgan fingerprint density at radius 1 is 0.966 bits per heavy atom. The van der Waals surface area contributed by atoms with Crippen LogP contribution in [0.15, 0.2) is 78.9 Å². The minimum Gasteiger partial charge on any atom is -0.482 e. The summed E-state index contributed by atoms with van der Waals surface area (Å²) in [6, 6.07) is 24.6. The van der Waals surface area contributed by atoms with Crippen LogP contribution in [-0.4, -0.2) is 25.0 Å². The number of fused-ring (bicyclic) bond motifs is 1. The van der Waals surface area contributed by atoms with Crippen molar-refractivity contribution in [2.45, 2.75) is 12.8 Å². The Kier molecular flexibility index (Phi) is 5.56. The van der Waals surface area contributed by atoms with Crippen LogP contribution in [0, 0.1) is 0 Å². The molecule has 1 aliphatic rings. The number of aryl methyl sites for hydroxylation is 1. The maximum absolute atomic E-state index is 12.5. The quantitative estimate of drug-likeness (QED) is 0.687. The molecule has 5 heteroatoms. The second kappa shape index (κ2) is 8.61. The van der Waals surface area contributed by atoms with Crippen molar-refractivity contribution in [2.24, 2.45) is 0 Å². The lowest BCUT2D eigenvalue weighted by Crippen LogP contribution is -2.39. The van der Waals surface area contributed by atoms with Gasteiger partial charge in [0.05, 0.1) is 5.69 Å². The molecule has 0 aliphatic carbocycles. The summed E-state index contributed by atoms with van der Waals surface area (Å²) < 4.78 is 5.57. The molecule has 3 aromatic rings. The number of rotatable bonds is 6. The maximum atomic E-state index is 12.5. The van der Waals surface area contributed by atoms with E-state index in [1.54, 1.807) is 35.2 Å². The third-order valence-corrected chi connectivity index (χ3v) is 4.89. The summed E-state index contributed by atoms with van der Waals surface area (Å²) in [5.41, 5.74) is 3.15.